The lowest BCUT2D eigenvalue weighted by molar-refractivity contribution is -0.215. The second-order valence-electron chi connectivity index (χ2n) is 4.59. The lowest BCUT2D eigenvalue weighted by Crippen LogP contribution is -2.42. The van der Waals surface area contributed by atoms with Crippen LogP contribution in [0.2, 0.25) is 0 Å². The summed E-state index contributed by atoms with van der Waals surface area (Å²) in [7, 11) is 0. The monoisotopic (exact) mass is 232 g/mol. The van der Waals surface area contributed by atoms with Crippen molar-refractivity contribution in [2.75, 3.05) is 0 Å². The summed E-state index contributed by atoms with van der Waals surface area (Å²) in [4.78, 5) is 11.5. The zero-order valence-electron chi connectivity index (χ0n) is 9.41. The number of fused-ring (bicyclic) bond motifs is 1. The molecule has 5 atom stereocenters. The van der Waals surface area contributed by atoms with Gasteiger partial charge < -0.3 is 24.4 Å². The molecule has 2 saturated heterocycles. The molecule has 0 aliphatic carbocycles. The van der Waals surface area contributed by atoms with E-state index in [9.17, 15) is 9.90 Å². The molecule has 16 heavy (non-hydrogen) atoms. The van der Waals surface area contributed by atoms with Gasteiger partial charge in [-0.2, -0.15) is 0 Å². The number of aliphatic hydroxyl groups is 2. The highest BCUT2D eigenvalue weighted by Gasteiger charge is 2.56. The molecule has 0 aromatic heterocycles. The standard InChI is InChI=1S/C10H16O6/c1-4(11)5(12)7-6(13)8-9(14-7)16-10(2,3)15-8/h4,6-9,11,13H,1-3H3/t4?,6-,7+,8+,9+/m0/s1. The molecule has 0 radical (unpaired) electrons. The van der Waals surface area contributed by atoms with Crippen LogP contribution < -0.4 is 0 Å². The van der Waals surface area contributed by atoms with Crippen LogP contribution in [0.1, 0.15) is 20.8 Å². The minimum Gasteiger partial charge on any atom is -0.387 e. The molecule has 0 aromatic rings. The lowest BCUT2D eigenvalue weighted by atomic mass is 10.0. The summed E-state index contributed by atoms with van der Waals surface area (Å²) < 4.78 is 16.0. The Bertz CT molecular complexity index is 300. The topological polar surface area (TPSA) is 85.2 Å². The molecule has 2 heterocycles. The molecule has 0 bridgehead atoms. The Morgan fingerprint density at radius 2 is 2.00 bits per heavy atom. The summed E-state index contributed by atoms with van der Waals surface area (Å²) in [5.74, 6) is -1.39. The van der Waals surface area contributed by atoms with Crippen LogP contribution >= 0.6 is 0 Å². The van der Waals surface area contributed by atoms with Crippen molar-refractivity contribution < 1.29 is 29.2 Å². The molecule has 0 spiro atoms. The molecule has 1 unspecified atom stereocenters. The Balaban J connectivity index is 2.08. The maximum atomic E-state index is 11.5. The van der Waals surface area contributed by atoms with Gasteiger partial charge in [-0.3, -0.25) is 4.79 Å². The highest BCUT2D eigenvalue weighted by atomic mass is 16.8. The highest BCUT2D eigenvalue weighted by Crippen LogP contribution is 2.37. The van der Waals surface area contributed by atoms with Crippen LogP contribution in [-0.2, 0) is 19.0 Å². The minimum absolute atomic E-state index is 0.563. The van der Waals surface area contributed by atoms with Gasteiger partial charge in [0.1, 0.15) is 18.3 Å². The Kier molecular flexibility index (Phi) is 2.80. The van der Waals surface area contributed by atoms with Gasteiger partial charge in [-0.1, -0.05) is 0 Å². The van der Waals surface area contributed by atoms with E-state index in [1.165, 1.54) is 6.92 Å². The van der Waals surface area contributed by atoms with Gasteiger partial charge in [0.05, 0.1) is 0 Å². The van der Waals surface area contributed by atoms with Crippen molar-refractivity contribution >= 4 is 5.78 Å². The van der Waals surface area contributed by atoms with Gasteiger partial charge >= 0.3 is 0 Å². The molecule has 2 aliphatic heterocycles. The summed E-state index contributed by atoms with van der Waals surface area (Å²) in [6, 6.07) is 0. The predicted molar refractivity (Wildman–Crippen MR) is 51.4 cm³/mol. The van der Waals surface area contributed by atoms with Gasteiger partial charge in [0.2, 0.25) is 0 Å². The number of carbonyl (C=O) groups excluding carboxylic acids is 1. The number of rotatable bonds is 2. The fraction of sp³-hybridized carbons (Fsp3) is 0.900. The molecule has 0 saturated carbocycles. The first-order valence-electron chi connectivity index (χ1n) is 5.23. The van der Waals surface area contributed by atoms with Gasteiger partial charge in [0.25, 0.3) is 0 Å². The molecule has 2 rings (SSSR count). The number of hydrogen-bond donors (Lipinski definition) is 2. The Hall–Kier alpha value is -0.530. The Labute approximate surface area is 93.1 Å². The van der Waals surface area contributed by atoms with Crippen molar-refractivity contribution in [2.24, 2.45) is 0 Å². The maximum Gasteiger partial charge on any atom is 0.192 e. The molecular formula is C10H16O6. The molecule has 6 heteroatoms. The van der Waals surface area contributed by atoms with Crippen LogP contribution in [-0.4, -0.2) is 52.5 Å². The normalized spacial score (nSPS) is 43.1. The Morgan fingerprint density at radius 1 is 1.38 bits per heavy atom. The number of ether oxygens (including phenoxy) is 3. The molecule has 0 amide bonds. The van der Waals surface area contributed by atoms with Crippen molar-refractivity contribution in [1.82, 2.24) is 0 Å². The van der Waals surface area contributed by atoms with Gasteiger partial charge in [-0.25, -0.2) is 0 Å². The van der Waals surface area contributed by atoms with Crippen LogP contribution in [0.5, 0.6) is 0 Å². The number of aliphatic hydroxyl groups excluding tert-OH is 2. The van der Waals surface area contributed by atoms with E-state index in [-0.39, 0.29) is 0 Å². The SMILES string of the molecule is CC(O)C(=O)[C@H]1O[C@@H]2OC(C)(C)O[C@@H]2[C@H]1O. The fourth-order valence-corrected chi connectivity index (χ4v) is 1.96. The average molecular weight is 232 g/mol. The molecule has 0 aromatic carbocycles. The van der Waals surface area contributed by atoms with Crippen LogP contribution in [0.3, 0.4) is 0 Å². The van der Waals surface area contributed by atoms with Crippen LogP contribution in [0.15, 0.2) is 0 Å². The molecular weight excluding hydrogens is 216 g/mol. The third-order valence-electron chi connectivity index (χ3n) is 2.71. The van der Waals surface area contributed by atoms with E-state index in [1.54, 1.807) is 13.8 Å². The van der Waals surface area contributed by atoms with Crippen molar-refractivity contribution in [3.8, 4) is 0 Å². The third kappa shape index (κ3) is 1.87. The van der Waals surface area contributed by atoms with E-state index in [2.05, 4.69) is 0 Å². The summed E-state index contributed by atoms with van der Waals surface area (Å²) >= 11 is 0. The summed E-state index contributed by atoms with van der Waals surface area (Å²) in [5.41, 5.74) is 0. The average Bonchev–Trinajstić information content (AvgIpc) is 2.60. The number of Topliss-reactive ketones (excluding diaryl/α,β-unsaturated/α-hetero) is 1. The van der Waals surface area contributed by atoms with E-state index in [1.807, 2.05) is 0 Å². The maximum absolute atomic E-state index is 11.5. The molecule has 92 valence electrons. The second kappa shape index (κ2) is 3.75. The highest BCUT2D eigenvalue weighted by molar-refractivity contribution is 5.87. The first-order valence-corrected chi connectivity index (χ1v) is 5.23. The first-order chi connectivity index (χ1) is 7.32. The van der Waals surface area contributed by atoms with Gasteiger partial charge in [0.15, 0.2) is 24.0 Å². The van der Waals surface area contributed by atoms with E-state index in [0.717, 1.165) is 0 Å². The smallest absolute Gasteiger partial charge is 0.192 e. The molecule has 2 fully saturated rings. The lowest BCUT2D eigenvalue weighted by Gasteiger charge is -2.22. The van der Waals surface area contributed by atoms with Crippen LogP contribution in [0, 0.1) is 0 Å². The molecule has 6 nitrogen and oxygen atoms in total. The summed E-state index contributed by atoms with van der Waals surface area (Å²) in [5, 5.41) is 19.0. The zero-order valence-corrected chi connectivity index (χ0v) is 9.41. The van der Waals surface area contributed by atoms with Crippen molar-refractivity contribution in [3.05, 3.63) is 0 Å². The quantitative estimate of drug-likeness (QED) is 0.646. The van der Waals surface area contributed by atoms with E-state index >= 15 is 0 Å². The molecule has 2 N–H and O–H groups in total. The van der Waals surface area contributed by atoms with Gasteiger partial charge in [-0.15, -0.1) is 0 Å². The minimum atomic E-state index is -1.17. The predicted octanol–water partition coefficient (Wildman–Crippen LogP) is -0.826. The summed E-state index contributed by atoms with van der Waals surface area (Å²) in [6.07, 6.45) is -4.79. The van der Waals surface area contributed by atoms with Gasteiger partial charge in [-0.05, 0) is 20.8 Å². The van der Waals surface area contributed by atoms with Crippen LogP contribution in [0.4, 0.5) is 0 Å². The van der Waals surface area contributed by atoms with E-state index in [0.29, 0.717) is 0 Å². The number of ketones is 1. The summed E-state index contributed by atoms with van der Waals surface area (Å²) in [6.45, 7) is 4.73. The van der Waals surface area contributed by atoms with E-state index < -0.39 is 42.3 Å². The Morgan fingerprint density at radius 3 is 2.50 bits per heavy atom. The van der Waals surface area contributed by atoms with Crippen molar-refractivity contribution in [2.45, 2.75) is 57.3 Å². The van der Waals surface area contributed by atoms with Gasteiger partial charge in [0, 0.05) is 0 Å². The van der Waals surface area contributed by atoms with E-state index in [4.69, 9.17) is 19.3 Å². The van der Waals surface area contributed by atoms with Crippen LogP contribution in [0.25, 0.3) is 0 Å². The zero-order chi connectivity index (χ0) is 12.1. The molecule has 2 aliphatic rings. The third-order valence-corrected chi connectivity index (χ3v) is 2.71. The first kappa shape index (κ1) is 11.9. The number of carbonyl (C=O) groups is 1. The number of hydrogen-bond acceptors (Lipinski definition) is 6. The fourth-order valence-electron chi connectivity index (χ4n) is 1.96. The van der Waals surface area contributed by atoms with Crippen molar-refractivity contribution in [1.29, 1.82) is 0 Å². The second-order valence-corrected chi connectivity index (χ2v) is 4.59. The van der Waals surface area contributed by atoms with Crippen molar-refractivity contribution in [3.63, 3.8) is 0 Å². The largest absolute Gasteiger partial charge is 0.387 e.